The Bertz CT molecular complexity index is 263. The number of allylic oxidation sites excluding steroid dienone is 3. The molecule has 3 heteroatoms. The van der Waals surface area contributed by atoms with Crippen molar-refractivity contribution >= 4 is 0 Å². The van der Waals surface area contributed by atoms with Gasteiger partial charge < -0.3 is 10.2 Å². The van der Waals surface area contributed by atoms with E-state index >= 15 is 0 Å². The zero-order valence-electron chi connectivity index (χ0n) is 8.06. The Morgan fingerprint density at radius 1 is 1.50 bits per heavy atom. The average Bonchev–Trinajstić information content (AvgIpc) is 2.22. The molecule has 0 aliphatic carbocycles. The Morgan fingerprint density at radius 3 is 2.50 bits per heavy atom. The highest BCUT2D eigenvalue weighted by atomic mass is 16.3. The molecule has 2 atom stereocenters. The fourth-order valence-electron chi connectivity index (χ4n) is 1.21. The van der Waals surface area contributed by atoms with Gasteiger partial charge in [0.05, 0.1) is 6.07 Å². The SMILES string of the molecule is C=C/C=C(\C=C)C(CCO)C(O)C#N. The first kappa shape index (κ1) is 12.6. The topological polar surface area (TPSA) is 64.2 Å². The summed E-state index contributed by atoms with van der Waals surface area (Å²) in [5.41, 5.74) is 0.711. The molecule has 2 unspecified atom stereocenters. The maximum atomic E-state index is 9.38. The lowest BCUT2D eigenvalue weighted by atomic mass is 9.90. The normalized spacial score (nSPS) is 15.4. The molecule has 0 fully saturated rings. The number of nitriles is 1. The highest BCUT2D eigenvalue weighted by molar-refractivity contribution is 5.26. The van der Waals surface area contributed by atoms with Crippen molar-refractivity contribution in [3.63, 3.8) is 0 Å². The van der Waals surface area contributed by atoms with E-state index < -0.39 is 12.0 Å². The van der Waals surface area contributed by atoms with Crippen molar-refractivity contribution in [1.82, 2.24) is 0 Å². The van der Waals surface area contributed by atoms with Gasteiger partial charge >= 0.3 is 0 Å². The smallest absolute Gasteiger partial charge is 0.147 e. The average molecular weight is 193 g/mol. The molecule has 0 aromatic carbocycles. The van der Waals surface area contributed by atoms with Gasteiger partial charge in [-0.25, -0.2) is 0 Å². The van der Waals surface area contributed by atoms with Gasteiger partial charge in [0, 0.05) is 12.5 Å². The Morgan fingerprint density at radius 2 is 2.14 bits per heavy atom. The summed E-state index contributed by atoms with van der Waals surface area (Å²) in [6.45, 7) is 7.03. The Labute approximate surface area is 84.3 Å². The standard InChI is InChI=1S/C11H15NO2/c1-3-5-9(4-2)10(6-7-13)11(14)8-12/h3-5,10-11,13-14H,1-2,6-7H2/b9-5+. The van der Waals surface area contributed by atoms with Gasteiger partial charge in [-0.05, 0) is 12.0 Å². The van der Waals surface area contributed by atoms with E-state index in [2.05, 4.69) is 13.2 Å². The molecule has 0 radical (unpaired) electrons. The molecule has 0 saturated heterocycles. The molecule has 2 N–H and O–H groups in total. The third-order valence-corrected chi connectivity index (χ3v) is 1.93. The van der Waals surface area contributed by atoms with Gasteiger partial charge in [-0.1, -0.05) is 31.4 Å². The van der Waals surface area contributed by atoms with E-state index in [1.54, 1.807) is 24.3 Å². The molecule has 0 aliphatic rings. The van der Waals surface area contributed by atoms with Gasteiger partial charge in [-0.2, -0.15) is 5.26 Å². The summed E-state index contributed by atoms with van der Waals surface area (Å²) in [5, 5.41) is 26.7. The first-order valence-electron chi connectivity index (χ1n) is 4.34. The Kier molecular flexibility index (Phi) is 6.38. The molecule has 0 amide bonds. The van der Waals surface area contributed by atoms with Crippen LogP contribution < -0.4 is 0 Å². The van der Waals surface area contributed by atoms with Crippen molar-refractivity contribution < 1.29 is 10.2 Å². The van der Waals surface area contributed by atoms with Crippen molar-refractivity contribution in [3.8, 4) is 6.07 Å². The van der Waals surface area contributed by atoms with Crippen LogP contribution in [0, 0.1) is 17.2 Å². The van der Waals surface area contributed by atoms with Crippen molar-refractivity contribution in [3.05, 3.63) is 37.0 Å². The minimum atomic E-state index is -1.12. The molecule has 0 aliphatic heterocycles. The Hall–Kier alpha value is -1.37. The molecule has 0 aromatic rings. The summed E-state index contributed by atoms with van der Waals surface area (Å²) >= 11 is 0. The summed E-state index contributed by atoms with van der Waals surface area (Å²) in [7, 11) is 0. The second-order valence-electron chi connectivity index (χ2n) is 2.80. The lowest BCUT2D eigenvalue weighted by molar-refractivity contribution is 0.153. The van der Waals surface area contributed by atoms with Crippen LogP contribution in [0.1, 0.15) is 6.42 Å². The quantitative estimate of drug-likeness (QED) is 0.491. The van der Waals surface area contributed by atoms with E-state index in [1.165, 1.54) is 0 Å². The van der Waals surface area contributed by atoms with E-state index in [4.69, 9.17) is 10.4 Å². The predicted octanol–water partition coefficient (Wildman–Crippen LogP) is 1.17. The third-order valence-electron chi connectivity index (χ3n) is 1.93. The van der Waals surface area contributed by atoms with Crippen LogP contribution in [0.5, 0.6) is 0 Å². The number of aliphatic hydroxyl groups excluding tert-OH is 2. The first-order chi connectivity index (χ1) is 6.71. The van der Waals surface area contributed by atoms with Crippen LogP contribution in [0.15, 0.2) is 37.0 Å². The van der Waals surface area contributed by atoms with Crippen LogP contribution in [0.25, 0.3) is 0 Å². The molecule has 0 bridgehead atoms. The molecule has 76 valence electrons. The van der Waals surface area contributed by atoms with Gasteiger partial charge in [0.1, 0.15) is 6.10 Å². The van der Waals surface area contributed by atoms with Crippen molar-refractivity contribution in [2.24, 2.45) is 5.92 Å². The molecular formula is C11H15NO2. The van der Waals surface area contributed by atoms with Gasteiger partial charge in [-0.3, -0.25) is 0 Å². The second-order valence-corrected chi connectivity index (χ2v) is 2.80. The molecule has 0 heterocycles. The van der Waals surface area contributed by atoms with Gasteiger partial charge in [0.25, 0.3) is 0 Å². The monoisotopic (exact) mass is 193 g/mol. The number of nitrogens with zero attached hydrogens (tertiary/aromatic N) is 1. The summed E-state index contributed by atoms with van der Waals surface area (Å²) in [5.74, 6) is -0.402. The molecule has 14 heavy (non-hydrogen) atoms. The van der Waals surface area contributed by atoms with Crippen LogP contribution in [0.4, 0.5) is 0 Å². The lowest BCUT2D eigenvalue weighted by Crippen LogP contribution is -2.21. The summed E-state index contributed by atoms with van der Waals surface area (Å²) in [4.78, 5) is 0. The predicted molar refractivity (Wildman–Crippen MR) is 55.3 cm³/mol. The zero-order valence-corrected chi connectivity index (χ0v) is 8.06. The number of hydrogen-bond donors (Lipinski definition) is 2. The molecular weight excluding hydrogens is 178 g/mol. The minimum Gasteiger partial charge on any atom is -0.396 e. The summed E-state index contributed by atoms with van der Waals surface area (Å²) in [6.07, 6.45) is 4.01. The van der Waals surface area contributed by atoms with Crippen LogP contribution >= 0.6 is 0 Å². The molecule has 3 nitrogen and oxygen atoms in total. The van der Waals surface area contributed by atoms with E-state index in [-0.39, 0.29) is 6.61 Å². The van der Waals surface area contributed by atoms with Gasteiger partial charge in [-0.15, -0.1) is 0 Å². The van der Waals surface area contributed by atoms with Gasteiger partial charge in [0.2, 0.25) is 0 Å². The number of hydrogen-bond acceptors (Lipinski definition) is 3. The fraction of sp³-hybridized carbons (Fsp3) is 0.364. The minimum absolute atomic E-state index is 0.0776. The molecule has 0 aromatic heterocycles. The Balaban J connectivity index is 4.78. The fourth-order valence-corrected chi connectivity index (χ4v) is 1.21. The summed E-state index contributed by atoms with van der Waals surface area (Å²) < 4.78 is 0. The van der Waals surface area contributed by atoms with Crippen LogP contribution in [-0.2, 0) is 0 Å². The van der Waals surface area contributed by atoms with E-state index in [9.17, 15) is 5.11 Å². The van der Waals surface area contributed by atoms with Crippen molar-refractivity contribution in [1.29, 1.82) is 5.26 Å². The molecule has 0 spiro atoms. The van der Waals surface area contributed by atoms with E-state index in [0.29, 0.717) is 12.0 Å². The summed E-state index contributed by atoms with van der Waals surface area (Å²) in [6, 6.07) is 1.74. The highest BCUT2D eigenvalue weighted by Gasteiger charge is 2.20. The number of aliphatic hydroxyl groups is 2. The zero-order chi connectivity index (χ0) is 11.0. The van der Waals surface area contributed by atoms with Crippen molar-refractivity contribution in [2.45, 2.75) is 12.5 Å². The highest BCUT2D eigenvalue weighted by Crippen LogP contribution is 2.20. The van der Waals surface area contributed by atoms with Crippen LogP contribution in [-0.4, -0.2) is 22.9 Å². The molecule has 0 rings (SSSR count). The maximum absolute atomic E-state index is 9.38. The van der Waals surface area contributed by atoms with Crippen molar-refractivity contribution in [2.75, 3.05) is 6.61 Å². The number of rotatable bonds is 6. The lowest BCUT2D eigenvalue weighted by Gasteiger charge is -2.17. The van der Waals surface area contributed by atoms with E-state index in [0.717, 1.165) is 0 Å². The van der Waals surface area contributed by atoms with E-state index in [1.807, 2.05) is 0 Å². The van der Waals surface area contributed by atoms with Crippen LogP contribution in [0.2, 0.25) is 0 Å². The first-order valence-corrected chi connectivity index (χ1v) is 4.34. The largest absolute Gasteiger partial charge is 0.396 e. The van der Waals surface area contributed by atoms with Crippen LogP contribution in [0.3, 0.4) is 0 Å². The second kappa shape index (κ2) is 7.07. The maximum Gasteiger partial charge on any atom is 0.147 e. The third kappa shape index (κ3) is 3.56. The van der Waals surface area contributed by atoms with Gasteiger partial charge in [0.15, 0.2) is 0 Å². The molecule has 0 saturated carbocycles.